The molecule has 7 nitrogen and oxygen atoms in total. The summed E-state index contributed by atoms with van der Waals surface area (Å²) in [7, 11) is 0. The van der Waals surface area contributed by atoms with E-state index in [1.807, 2.05) is 19.1 Å². The van der Waals surface area contributed by atoms with E-state index in [0.29, 0.717) is 23.1 Å². The van der Waals surface area contributed by atoms with Crippen molar-refractivity contribution < 1.29 is 4.79 Å². The number of amides is 1. The monoisotopic (exact) mass is 348 g/mol. The first-order valence-corrected chi connectivity index (χ1v) is 8.12. The van der Waals surface area contributed by atoms with Crippen LogP contribution in [0.4, 0.5) is 0 Å². The highest BCUT2D eigenvalue weighted by Crippen LogP contribution is 2.25. The van der Waals surface area contributed by atoms with Gasteiger partial charge in [-0.15, -0.1) is 21.5 Å². The Hall–Kier alpha value is -2.32. The van der Waals surface area contributed by atoms with Gasteiger partial charge in [-0.25, -0.2) is 4.98 Å². The van der Waals surface area contributed by atoms with Gasteiger partial charge in [0.15, 0.2) is 5.82 Å². The molecule has 0 bridgehead atoms. The Kier molecular flexibility index (Phi) is 4.63. The molecule has 0 aliphatic carbocycles. The number of tetrazole rings is 1. The van der Waals surface area contributed by atoms with Crippen molar-refractivity contribution in [3.8, 4) is 10.6 Å². The summed E-state index contributed by atoms with van der Waals surface area (Å²) in [4.78, 5) is 16.5. The van der Waals surface area contributed by atoms with Crippen molar-refractivity contribution in [1.29, 1.82) is 0 Å². The number of benzene rings is 1. The van der Waals surface area contributed by atoms with Gasteiger partial charge in [-0.3, -0.25) is 4.79 Å². The SMILES string of the molecule is C[C@H](CNC(=O)c1csc(-c2ccc(Cl)cc2)n1)c1nn[nH]n1. The molecule has 0 unspecified atom stereocenters. The molecule has 9 heteroatoms. The molecule has 0 radical (unpaired) electrons. The molecule has 0 saturated carbocycles. The van der Waals surface area contributed by atoms with Gasteiger partial charge < -0.3 is 5.32 Å². The van der Waals surface area contributed by atoms with Gasteiger partial charge in [0.25, 0.3) is 5.91 Å². The van der Waals surface area contributed by atoms with Crippen LogP contribution in [0.2, 0.25) is 5.02 Å². The minimum atomic E-state index is -0.225. The lowest BCUT2D eigenvalue weighted by atomic mass is 10.1. The lowest BCUT2D eigenvalue weighted by Gasteiger charge is -2.07. The first-order valence-electron chi connectivity index (χ1n) is 6.86. The first-order chi connectivity index (χ1) is 11.1. The normalized spacial score (nSPS) is 12.1. The zero-order valence-corrected chi connectivity index (χ0v) is 13.7. The summed E-state index contributed by atoms with van der Waals surface area (Å²) in [5.74, 6) is 0.300. The van der Waals surface area contributed by atoms with Crippen LogP contribution >= 0.6 is 22.9 Å². The lowest BCUT2D eigenvalue weighted by molar-refractivity contribution is 0.0947. The van der Waals surface area contributed by atoms with E-state index in [0.717, 1.165) is 10.6 Å². The fourth-order valence-electron chi connectivity index (χ4n) is 1.91. The largest absolute Gasteiger partial charge is 0.350 e. The summed E-state index contributed by atoms with van der Waals surface area (Å²) in [6, 6.07) is 7.34. The molecule has 0 aliphatic heterocycles. The summed E-state index contributed by atoms with van der Waals surface area (Å²) < 4.78 is 0. The number of aromatic nitrogens is 5. The van der Waals surface area contributed by atoms with Crippen LogP contribution in [0, 0.1) is 0 Å². The molecule has 0 spiro atoms. The van der Waals surface area contributed by atoms with Crippen LogP contribution in [-0.2, 0) is 0 Å². The molecule has 1 amide bonds. The molecule has 23 heavy (non-hydrogen) atoms. The van der Waals surface area contributed by atoms with Gasteiger partial charge in [-0.05, 0) is 12.1 Å². The topological polar surface area (TPSA) is 96.5 Å². The Morgan fingerprint density at radius 2 is 2.17 bits per heavy atom. The van der Waals surface area contributed by atoms with Crippen LogP contribution in [0.1, 0.15) is 29.2 Å². The van der Waals surface area contributed by atoms with E-state index in [1.165, 1.54) is 11.3 Å². The molecular formula is C14H13ClN6OS. The van der Waals surface area contributed by atoms with E-state index < -0.39 is 0 Å². The number of thiazole rings is 1. The molecule has 1 aromatic carbocycles. The molecule has 0 saturated heterocycles. The average molecular weight is 349 g/mol. The second-order valence-corrected chi connectivity index (χ2v) is 6.22. The fraction of sp³-hybridized carbons (Fsp3) is 0.214. The van der Waals surface area contributed by atoms with Crippen LogP contribution in [0.5, 0.6) is 0 Å². The van der Waals surface area contributed by atoms with Crippen LogP contribution in [-0.4, -0.2) is 38.1 Å². The van der Waals surface area contributed by atoms with Crippen LogP contribution < -0.4 is 5.32 Å². The van der Waals surface area contributed by atoms with Gasteiger partial charge in [0.1, 0.15) is 10.7 Å². The molecular weight excluding hydrogens is 336 g/mol. The Bertz CT molecular complexity index is 786. The maximum absolute atomic E-state index is 12.2. The first kappa shape index (κ1) is 15.6. The molecule has 2 heterocycles. The summed E-state index contributed by atoms with van der Waals surface area (Å²) in [6.45, 7) is 2.32. The molecule has 1 atom stereocenters. The Morgan fingerprint density at radius 1 is 1.39 bits per heavy atom. The number of nitrogens with one attached hydrogen (secondary N) is 2. The zero-order chi connectivity index (χ0) is 16.2. The summed E-state index contributed by atoms with van der Waals surface area (Å²) in [5.41, 5.74) is 1.32. The summed E-state index contributed by atoms with van der Waals surface area (Å²) in [5, 5.41) is 19.7. The van der Waals surface area contributed by atoms with E-state index >= 15 is 0 Å². The van der Waals surface area contributed by atoms with Gasteiger partial charge >= 0.3 is 0 Å². The second-order valence-electron chi connectivity index (χ2n) is 4.93. The Labute approximate surface area is 141 Å². The summed E-state index contributed by atoms with van der Waals surface area (Å²) in [6.07, 6.45) is 0. The molecule has 0 aliphatic rings. The molecule has 2 N–H and O–H groups in total. The van der Waals surface area contributed by atoms with Crippen molar-refractivity contribution >= 4 is 28.8 Å². The number of carbonyl (C=O) groups excluding carboxylic acids is 1. The maximum Gasteiger partial charge on any atom is 0.270 e. The zero-order valence-electron chi connectivity index (χ0n) is 12.2. The number of nitrogens with zero attached hydrogens (tertiary/aromatic N) is 4. The van der Waals surface area contributed by atoms with Crippen LogP contribution in [0.3, 0.4) is 0 Å². The number of hydrogen-bond donors (Lipinski definition) is 2. The third-order valence-corrected chi connectivity index (χ3v) is 4.34. The average Bonchev–Trinajstić information content (AvgIpc) is 3.24. The van der Waals surface area contributed by atoms with Crippen molar-refractivity contribution in [3.05, 3.63) is 46.2 Å². The highest BCUT2D eigenvalue weighted by molar-refractivity contribution is 7.13. The van der Waals surface area contributed by atoms with Crippen molar-refractivity contribution in [2.24, 2.45) is 0 Å². The number of rotatable bonds is 5. The quantitative estimate of drug-likeness (QED) is 0.738. The second kappa shape index (κ2) is 6.84. The molecule has 2 aromatic heterocycles. The number of aromatic amines is 1. The van der Waals surface area contributed by atoms with E-state index in [4.69, 9.17) is 11.6 Å². The van der Waals surface area contributed by atoms with Crippen molar-refractivity contribution in [2.75, 3.05) is 6.54 Å². The van der Waals surface area contributed by atoms with Gasteiger partial charge in [-0.1, -0.05) is 35.9 Å². The van der Waals surface area contributed by atoms with Gasteiger partial charge in [0.05, 0.1) is 0 Å². The van der Waals surface area contributed by atoms with Crippen LogP contribution in [0.25, 0.3) is 10.6 Å². The Morgan fingerprint density at radius 3 is 2.87 bits per heavy atom. The highest BCUT2D eigenvalue weighted by atomic mass is 35.5. The van der Waals surface area contributed by atoms with E-state index in [9.17, 15) is 4.79 Å². The number of H-pyrrole nitrogens is 1. The number of carbonyl (C=O) groups is 1. The molecule has 3 rings (SSSR count). The molecule has 0 fully saturated rings. The van der Waals surface area contributed by atoms with E-state index in [-0.39, 0.29) is 11.8 Å². The third kappa shape index (κ3) is 3.72. The third-order valence-electron chi connectivity index (χ3n) is 3.20. The van der Waals surface area contributed by atoms with Crippen molar-refractivity contribution in [2.45, 2.75) is 12.8 Å². The number of hydrogen-bond acceptors (Lipinski definition) is 6. The van der Waals surface area contributed by atoms with Gasteiger partial charge in [0, 0.05) is 28.4 Å². The highest BCUT2D eigenvalue weighted by Gasteiger charge is 2.15. The molecule has 3 aromatic rings. The van der Waals surface area contributed by atoms with E-state index in [2.05, 4.69) is 30.9 Å². The van der Waals surface area contributed by atoms with E-state index in [1.54, 1.807) is 17.5 Å². The van der Waals surface area contributed by atoms with Gasteiger partial charge in [0.2, 0.25) is 0 Å². The van der Waals surface area contributed by atoms with Crippen molar-refractivity contribution in [1.82, 2.24) is 30.9 Å². The predicted octanol–water partition coefficient (Wildman–Crippen LogP) is 2.51. The van der Waals surface area contributed by atoms with Crippen LogP contribution in [0.15, 0.2) is 29.6 Å². The maximum atomic E-state index is 12.2. The van der Waals surface area contributed by atoms with Crippen molar-refractivity contribution in [3.63, 3.8) is 0 Å². The lowest BCUT2D eigenvalue weighted by Crippen LogP contribution is -2.28. The van der Waals surface area contributed by atoms with Gasteiger partial charge in [-0.2, -0.15) is 5.21 Å². The Balaban J connectivity index is 1.63. The number of halogens is 1. The predicted molar refractivity (Wildman–Crippen MR) is 87.5 cm³/mol. The fourth-order valence-corrected chi connectivity index (χ4v) is 2.84. The standard InChI is InChI=1S/C14H13ClN6OS/c1-8(12-18-20-21-19-12)6-16-13(22)11-7-23-14(17-11)9-2-4-10(15)5-3-9/h2-5,7-8H,6H2,1H3,(H,16,22)(H,18,19,20,21)/t8-/m1/s1. The minimum Gasteiger partial charge on any atom is -0.350 e. The minimum absolute atomic E-state index is 0.0351. The molecule has 118 valence electrons. The summed E-state index contributed by atoms with van der Waals surface area (Å²) >= 11 is 7.28. The smallest absolute Gasteiger partial charge is 0.270 e.